The van der Waals surface area contributed by atoms with Crippen molar-refractivity contribution in [1.29, 1.82) is 0 Å². The van der Waals surface area contributed by atoms with Crippen molar-refractivity contribution in [2.45, 2.75) is 11.3 Å². The van der Waals surface area contributed by atoms with Gasteiger partial charge in [-0.25, -0.2) is 8.42 Å². The maximum Gasteiger partial charge on any atom is 0.246 e. The molecule has 32 heavy (non-hydrogen) atoms. The molecule has 11 heteroatoms. The minimum absolute atomic E-state index is 0.00678. The van der Waals surface area contributed by atoms with Crippen LogP contribution in [-0.2, 0) is 30.8 Å². The standard InChI is InChI=1S/C21H24ClN3O6S/c1-30-18-7-2-15(12-19(18)32(28,29)25-8-10-31-11-9-25)13-20(26)23-14-21(27)24-17-5-3-16(22)4-6-17/h2-7,12H,8-11,13-14H2,1H3,(H,23,26)(H,24,27). The molecule has 0 aliphatic carbocycles. The molecule has 0 spiro atoms. The number of anilines is 1. The fourth-order valence-electron chi connectivity index (χ4n) is 3.12. The molecule has 2 aromatic carbocycles. The van der Waals surface area contributed by atoms with E-state index in [9.17, 15) is 18.0 Å². The molecule has 2 N–H and O–H groups in total. The Morgan fingerprint density at radius 2 is 1.78 bits per heavy atom. The second-order valence-corrected chi connectivity index (χ2v) is 9.35. The number of hydrogen-bond donors (Lipinski definition) is 2. The van der Waals surface area contributed by atoms with Gasteiger partial charge >= 0.3 is 0 Å². The summed E-state index contributed by atoms with van der Waals surface area (Å²) < 4.78 is 37.9. The Morgan fingerprint density at radius 1 is 1.09 bits per heavy atom. The summed E-state index contributed by atoms with van der Waals surface area (Å²) in [6.07, 6.45) is -0.0934. The monoisotopic (exact) mass is 481 g/mol. The third-order valence-electron chi connectivity index (χ3n) is 4.75. The fraction of sp³-hybridized carbons (Fsp3) is 0.333. The number of halogens is 1. The number of rotatable bonds is 8. The molecule has 1 aliphatic rings. The Kier molecular flexibility index (Phi) is 8.08. The second-order valence-electron chi connectivity index (χ2n) is 7.01. The van der Waals surface area contributed by atoms with Crippen molar-refractivity contribution in [3.8, 4) is 5.75 Å². The summed E-state index contributed by atoms with van der Waals surface area (Å²) in [5, 5.41) is 5.72. The van der Waals surface area contributed by atoms with Crippen molar-refractivity contribution in [2.24, 2.45) is 0 Å². The average Bonchev–Trinajstić information content (AvgIpc) is 2.80. The van der Waals surface area contributed by atoms with Crippen LogP contribution in [0.25, 0.3) is 0 Å². The van der Waals surface area contributed by atoms with E-state index in [-0.39, 0.29) is 36.7 Å². The summed E-state index contributed by atoms with van der Waals surface area (Å²) in [6, 6.07) is 11.1. The first-order valence-electron chi connectivity index (χ1n) is 9.86. The number of sulfonamides is 1. The Hall–Kier alpha value is -2.66. The molecule has 0 aromatic heterocycles. The first kappa shape index (κ1) is 24.0. The molecule has 0 saturated carbocycles. The Bertz CT molecular complexity index is 1070. The van der Waals surface area contributed by atoms with E-state index in [0.29, 0.717) is 29.5 Å². The van der Waals surface area contributed by atoms with Crippen LogP contribution in [-0.4, -0.2) is 64.5 Å². The van der Waals surface area contributed by atoms with Crippen LogP contribution in [0.5, 0.6) is 5.75 Å². The molecule has 1 saturated heterocycles. The SMILES string of the molecule is COc1ccc(CC(=O)NCC(=O)Nc2ccc(Cl)cc2)cc1S(=O)(=O)N1CCOCC1. The molecule has 2 amide bonds. The van der Waals surface area contributed by atoms with Crippen molar-refractivity contribution < 1.29 is 27.5 Å². The minimum Gasteiger partial charge on any atom is -0.495 e. The van der Waals surface area contributed by atoms with Crippen molar-refractivity contribution in [3.05, 3.63) is 53.1 Å². The topological polar surface area (TPSA) is 114 Å². The van der Waals surface area contributed by atoms with Gasteiger partial charge in [-0.3, -0.25) is 9.59 Å². The van der Waals surface area contributed by atoms with Gasteiger partial charge in [-0.1, -0.05) is 17.7 Å². The first-order chi connectivity index (χ1) is 15.3. The van der Waals surface area contributed by atoms with Gasteiger partial charge in [0.2, 0.25) is 21.8 Å². The number of methoxy groups -OCH3 is 1. The van der Waals surface area contributed by atoms with Crippen molar-refractivity contribution in [1.82, 2.24) is 9.62 Å². The van der Waals surface area contributed by atoms with Crippen molar-refractivity contribution in [3.63, 3.8) is 0 Å². The molecule has 0 atom stereocenters. The van der Waals surface area contributed by atoms with Gasteiger partial charge in [-0.15, -0.1) is 0 Å². The molecular formula is C21H24ClN3O6S. The highest BCUT2D eigenvalue weighted by molar-refractivity contribution is 7.89. The first-order valence-corrected chi connectivity index (χ1v) is 11.7. The summed E-state index contributed by atoms with van der Waals surface area (Å²) >= 11 is 5.81. The number of nitrogens with zero attached hydrogens (tertiary/aromatic N) is 1. The number of morpholine rings is 1. The number of amides is 2. The van der Waals surface area contributed by atoms with E-state index in [4.69, 9.17) is 21.1 Å². The molecule has 172 valence electrons. The van der Waals surface area contributed by atoms with Gasteiger partial charge in [0.25, 0.3) is 0 Å². The van der Waals surface area contributed by atoms with E-state index >= 15 is 0 Å². The molecule has 0 unspecified atom stereocenters. The van der Waals surface area contributed by atoms with E-state index in [1.165, 1.54) is 23.5 Å². The predicted octanol–water partition coefficient (Wildman–Crippen LogP) is 1.67. The van der Waals surface area contributed by atoms with Gasteiger partial charge in [-0.05, 0) is 42.0 Å². The Balaban J connectivity index is 1.62. The number of carbonyl (C=O) groups is 2. The highest BCUT2D eigenvalue weighted by atomic mass is 35.5. The van der Waals surface area contributed by atoms with Gasteiger partial charge in [0, 0.05) is 23.8 Å². The molecular weight excluding hydrogens is 458 g/mol. The zero-order chi connectivity index (χ0) is 23.1. The second kappa shape index (κ2) is 10.8. The van der Waals surface area contributed by atoms with Gasteiger partial charge in [-0.2, -0.15) is 4.31 Å². The number of carbonyl (C=O) groups excluding carboxylic acids is 2. The zero-order valence-corrected chi connectivity index (χ0v) is 19.0. The highest BCUT2D eigenvalue weighted by Gasteiger charge is 2.29. The lowest BCUT2D eigenvalue weighted by molar-refractivity contribution is -0.123. The lowest BCUT2D eigenvalue weighted by atomic mass is 10.1. The summed E-state index contributed by atoms with van der Waals surface area (Å²) in [4.78, 5) is 24.3. The molecule has 0 bridgehead atoms. The number of ether oxygens (including phenoxy) is 2. The summed E-state index contributed by atoms with van der Waals surface area (Å²) in [5.41, 5.74) is 1.04. The van der Waals surface area contributed by atoms with Crippen LogP contribution >= 0.6 is 11.6 Å². The van der Waals surface area contributed by atoms with Crippen LogP contribution in [0.4, 0.5) is 5.69 Å². The van der Waals surface area contributed by atoms with Crippen LogP contribution in [0.2, 0.25) is 5.02 Å². The van der Waals surface area contributed by atoms with Crippen LogP contribution in [0.15, 0.2) is 47.4 Å². The van der Waals surface area contributed by atoms with Crippen LogP contribution in [0, 0.1) is 0 Å². The normalized spacial score (nSPS) is 14.6. The fourth-order valence-corrected chi connectivity index (χ4v) is 4.86. The molecule has 0 radical (unpaired) electrons. The molecule has 3 rings (SSSR count). The largest absolute Gasteiger partial charge is 0.495 e. The third kappa shape index (κ3) is 6.19. The van der Waals surface area contributed by atoms with Crippen LogP contribution < -0.4 is 15.4 Å². The molecule has 1 aliphatic heterocycles. The summed E-state index contributed by atoms with van der Waals surface area (Å²) in [6.45, 7) is 0.915. The lowest BCUT2D eigenvalue weighted by Crippen LogP contribution is -2.40. The number of nitrogens with one attached hydrogen (secondary N) is 2. The minimum atomic E-state index is -3.80. The van der Waals surface area contributed by atoms with E-state index in [1.807, 2.05) is 0 Å². The third-order valence-corrected chi connectivity index (χ3v) is 6.93. The Morgan fingerprint density at radius 3 is 2.44 bits per heavy atom. The Labute approximate surface area is 191 Å². The van der Waals surface area contributed by atoms with Crippen LogP contribution in [0.3, 0.4) is 0 Å². The molecule has 9 nitrogen and oxygen atoms in total. The average molecular weight is 482 g/mol. The van der Waals surface area contributed by atoms with E-state index in [1.54, 1.807) is 30.3 Å². The summed E-state index contributed by atoms with van der Waals surface area (Å²) in [5.74, 6) is -0.620. The smallest absolute Gasteiger partial charge is 0.246 e. The molecule has 2 aromatic rings. The zero-order valence-electron chi connectivity index (χ0n) is 17.5. The highest BCUT2D eigenvalue weighted by Crippen LogP contribution is 2.28. The van der Waals surface area contributed by atoms with Gasteiger partial charge < -0.3 is 20.1 Å². The van der Waals surface area contributed by atoms with Gasteiger partial charge in [0.05, 0.1) is 33.3 Å². The molecule has 1 fully saturated rings. The van der Waals surface area contributed by atoms with Crippen molar-refractivity contribution >= 4 is 39.1 Å². The van der Waals surface area contributed by atoms with E-state index in [2.05, 4.69) is 10.6 Å². The van der Waals surface area contributed by atoms with Crippen molar-refractivity contribution in [2.75, 3.05) is 45.3 Å². The summed E-state index contributed by atoms with van der Waals surface area (Å²) in [7, 11) is -2.42. The quantitative estimate of drug-likeness (QED) is 0.592. The van der Waals surface area contributed by atoms with E-state index < -0.39 is 21.8 Å². The van der Waals surface area contributed by atoms with Gasteiger partial charge in [0.1, 0.15) is 10.6 Å². The lowest BCUT2D eigenvalue weighted by Gasteiger charge is -2.26. The predicted molar refractivity (Wildman–Crippen MR) is 119 cm³/mol. The number of benzene rings is 2. The maximum atomic E-state index is 13.0. The molecule has 1 heterocycles. The van der Waals surface area contributed by atoms with Gasteiger partial charge in [0.15, 0.2) is 0 Å². The van der Waals surface area contributed by atoms with Crippen LogP contribution in [0.1, 0.15) is 5.56 Å². The van der Waals surface area contributed by atoms with E-state index in [0.717, 1.165) is 0 Å². The maximum absolute atomic E-state index is 13.0. The number of hydrogen-bond acceptors (Lipinski definition) is 6.